The van der Waals surface area contributed by atoms with Crippen molar-refractivity contribution in [2.45, 2.75) is 25.8 Å². The van der Waals surface area contributed by atoms with E-state index in [1.54, 1.807) is 11.8 Å². The maximum Gasteiger partial charge on any atom is 0.325 e. The summed E-state index contributed by atoms with van der Waals surface area (Å²) < 4.78 is 18.7. The summed E-state index contributed by atoms with van der Waals surface area (Å²) in [5.74, 6) is -0.728. The summed E-state index contributed by atoms with van der Waals surface area (Å²) in [6.45, 7) is 2.07. The zero-order valence-electron chi connectivity index (χ0n) is 10.0. The molecular formula is C12H14ClFN2O2. The van der Waals surface area contributed by atoms with Gasteiger partial charge in [-0.1, -0.05) is 11.6 Å². The van der Waals surface area contributed by atoms with Crippen LogP contribution in [0.25, 0.3) is 0 Å². The van der Waals surface area contributed by atoms with Crippen LogP contribution in [0, 0.1) is 5.82 Å². The van der Waals surface area contributed by atoms with Crippen LogP contribution in [0.1, 0.15) is 19.8 Å². The number of ether oxygens (including phenoxy) is 1. The predicted octanol–water partition coefficient (Wildman–Crippen LogP) is 2.41. The van der Waals surface area contributed by atoms with Crippen molar-refractivity contribution in [1.82, 2.24) is 4.98 Å². The maximum absolute atomic E-state index is 13.8. The largest absolute Gasteiger partial charge is 0.465 e. The quantitative estimate of drug-likeness (QED) is 0.772. The van der Waals surface area contributed by atoms with Gasteiger partial charge in [0.1, 0.15) is 6.54 Å². The Morgan fingerprint density at radius 2 is 2.39 bits per heavy atom. The summed E-state index contributed by atoms with van der Waals surface area (Å²) in [5, 5.41) is 0.239. The second-order valence-electron chi connectivity index (χ2n) is 4.12. The number of carbonyl (C=O) groups excluding carboxylic acids is 1. The third-order valence-electron chi connectivity index (χ3n) is 2.65. The van der Waals surface area contributed by atoms with Crippen LogP contribution in [0.3, 0.4) is 0 Å². The zero-order chi connectivity index (χ0) is 13.1. The third-order valence-corrected chi connectivity index (χ3v) is 2.86. The van der Waals surface area contributed by atoms with E-state index in [1.165, 1.54) is 12.3 Å². The highest BCUT2D eigenvalue weighted by Crippen LogP contribution is 2.32. The van der Waals surface area contributed by atoms with Gasteiger partial charge in [-0.2, -0.15) is 0 Å². The Hall–Kier alpha value is -1.36. The fourth-order valence-corrected chi connectivity index (χ4v) is 1.87. The number of carbonyl (C=O) groups is 1. The summed E-state index contributed by atoms with van der Waals surface area (Å²) >= 11 is 5.66. The average molecular weight is 273 g/mol. The lowest BCUT2D eigenvalue weighted by Gasteiger charge is -2.22. The molecule has 1 fully saturated rings. The van der Waals surface area contributed by atoms with E-state index in [0.29, 0.717) is 6.61 Å². The van der Waals surface area contributed by atoms with Gasteiger partial charge in [0.15, 0.2) is 11.6 Å². The smallest absolute Gasteiger partial charge is 0.325 e. The number of rotatable bonds is 5. The molecule has 6 heteroatoms. The van der Waals surface area contributed by atoms with Gasteiger partial charge in [-0.15, -0.1) is 0 Å². The molecule has 1 aromatic heterocycles. The molecule has 1 aliphatic carbocycles. The molecule has 1 aromatic rings. The molecule has 4 nitrogen and oxygen atoms in total. The SMILES string of the molecule is CCOC(=O)CN(c1ncc(Cl)cc1F)C1CC1. The molecule has 0 N–H and O–H groups in total. The molecule has 0 radical (unpaired) electrons. The third kappa shape index (κ3) is 3.10. The molecule has 18 heavy (non-hydrogen) atoms. The van der Waals surface area contributed by atoms with E-state index in [0.717, 1.165) is 12.8 Å². The number of hydrogen-bond acceptors (Lipinski definition) is 4. The van der Waals surface area contributed by atoms with Crippen LogP contribution in [0.4, 0.5) is 10.2 Å². The molecule has 1 heterocycles. The summed E-state index contributed by atoms with van der Waals surface area (Å²) in [5.41, 5.74) is 0. The molecule has 0 spiro atoms. The first-order valence-electron chi connectivity index (χ1n) is 5.85. The van der Waals surface area contributed by atoms with Crippen molar-refractivity contribution in [3.05, 3.63) is 23.1 Å². The van der Waals surface area contributed by atoms with Gasteiger partial charge >= 0.3 is 5.97 Å². The van der Waals surface area contributed by atoms with Gasteiger partial charge in [0.25, 0.3) is 0 Å². The highest BCUT2D eigenvalue weighted by atomic mass is 35.5. The fourth-order valence-electron chi connectivity index (χ4n) is 1.73. The van der Waals surface area contributed by atoms with Crippen molar-refractivity contribution < 1.29 is 13.9 Å². The molecule has 1 saturated carbocycles. The molecule has 0 aliphatic heterocycles. The topological polar surface area (TPSA) is 42.4 Å². The Morgan fingerprint density at radius 1 is 1.67 bits per heavy atom. The second-order valence-corrected chi connectivity index (χ2v) is 4.56. The number of nitrogens with zero attached hydrogens (tertiary/aromatic N) is 2. The minimum atomic E-state index is -0.515. The second kappa shape index (κ2) is 5.52. The van der Waals surface area contributed by atoms with Gasteiger partial charge in [0, 0.05) is 12.2 Å². The monoisotopic (exact) mass is 272 g/mol. The lowest BCUT2D eigenvalue weighted by molar-refractivity contribution is -0.141. The van der Waals surface area contributed by atoms with E-state index in [4.69, 9.17) is 16.3 Å². The first kappa shape index (κ1) is 13.1. The minimum Gasteiger partial charge on any atom is -0.465 e. The highest BCUT2D eigenvalue weighted by molar-refractivity contribution is 6.30. The minimum absolute atomic E-state index is 0.0179. The summed E-state index contributed by atoms with van der Waals surface area (Å²) in [4.78, 5) is 17.1. The van der Waals surface area contributed by atoms with E-state index < -0.39 is 5.82 Å². The summed E-state index contributed by atoms with van der Waals surface area (Å²) in [6, 6.07) is 1.36. The van der Waals surface area contributed by atoms with E-state index in [-0.39, 0.29) is 29.4 Å². The van der Waals surface area contributed by atoms with Crippen molar-refractivity contribution in [2.75, 3.05) is 18.1 Å². The molecule has 0 bridgehead atoms. The van der Waals surface area contributed by atoms with Crippen molar-refractivity contribution in [2.24, 2.45) is 0 Å². The number of halogens is 2. The van der Waals surface area contributed by atoms with Gasteiger partial charge in [0.2, 0.25) is 0 Å². The van der Waals surface area contributed by atoms with Crippen LogP contribution in [0.15, 0.2) is 12.3 Å². The first-order valence-corrected chi connectivity index (χ1v) is 6.23. The van der Waals surface area contributed by atoms with Crippen LogP contribution in [-0.4, -0.2) is 30.1 Å². The lowest BCUT2D eigenvalue weighted by Crippen LogP contribution is -2.34. The fraction of sp³-hybridized carbons (Fsp3) is 0.500. The van der Waals surface area contributed by atoms with Gasteiger partial charge in [-0.05, 0) is 25.8 Å². The van der Waals surface area contributed by atoms with Gasteiger partial charge in [-0.25, -0.2) is 9.37 Å². The van der Waals surface area contributed by atoms with Crippen LogP contribution < -0.4 is 4.90 Å². The van der Waals surface area contributed by atoms with Gasteiger partial charge in [-0.3, -0.25) is 4.79 Å². The average Bonchev–Trinajstić information content (AvgIpc) is 3.11. The van der Waals surface area contributed by atoms with Crippen molar-refractivity contribution in [3.8, 4) is 0 Å². The Morgan fingerprint density at radius 3 is 2.94 bits per heavy atom. The molecule has 2 rings (SSSR count). The molecule has 0 saturated heterocycles. The van der Waals surface area contributed by atoms with E-state index >= 15 is 0 Å². The summed E-state index contributed by atoms with van der Waals surface area (Å²) in [7, 11) is 0. The molecule has 0 aromatic carbocycles. The Balaban J connectivity index is 2.16. The molecule has 0 amide bonds. The Kier molecular flexibility index (Phi) is 4.01. The van der Waals surface area contributed by atoms with Gasteiger partial charge in [0.05, 0.1) is 11.6 Å². The normalized spacial score (nSPS) is 14.4. The molecule has 0 atom stereocenters. The van der Waals surface area contributed by atoms with E-state index in [9.17, 15) is 9.18 Å². The maximum atomic E-state index is 13.8. The highest BCUT2D eigenvalue weighted by Gasteiger charge is 2.33. The van der Waals surface area contributed by atoms with Crippen LogP contribution >= 0.6 is 11.6 Å². The Labute approximate surface area is 110 Å². The van der Waals surface area contributed by atoms with Crippen molar-refractivity contribution in [3.63, 3.8) is 0 Å². The lowest BCUT2D eigenvalue weighted by atomic mass is 10.3. The molecule has 98 valence electrons. The standard InChI is InChI=1S/C12H14ClFN2O2/c1-2-18-11(17)7-16(9-3-4-9)12-10(14)5-8(13)6-15-12/h5-6,9H,2-4,7H2,1H3. The van der Waals surface area contributed by atoms with E-state index in [1.807, 2.05) is 0 Å². The number of hydrogen-bond donors (Lipinski definition) is 0. The predicted molar refractivity (Wildman–Crippen MR) is 66.2 cm³/mol. The molecular weight excluding hydrogens is 259 g/mol. The van der Waals surface area contributed by atoms with Crippen molar-refractivity contribution >= 4 is 23.4 Å². The molecule has 0 unspecified atom stereocenters. The number of pyridine rings is 1. The first-order chi connectivity index (χ1) is 8.61. The Bertz CT molecular complexity index is 452. The van der Waals surface area contributed by atoms with Crippen molar-refractivity contribution in [1.29, 1.82) is 0 Å². The van der Waals surface area contributed by atoms with E-state index in [2.05, 4.69) is 4.98 Å². The van der Waals surface area contributed by atoms with Crippen LogP contribution in [-0.2, 0) is 9.53 Å². The number of aromatic nitrogens is 1. The number of esters is 1. The zero-order valence-corrected chi connectivity index (χ0v) is 10.8. The van der Waals surface area contributed by atoms with Crippen LogP contribution in [0.2, 0.25) is 5.02 Å². The summed E-state index contributed by atoms with van der Waals surface area (Å²) in [6.07, 6.45) is 3.24. The van der Waals surface area contributed by atoms with Gasteiger partial charge < -0.3 is 9.64 Å². The number of anilines is 1. The van der Waals surface area contributed by atoms with Crippen LogP contribution in [0.5, 0.6) is 0 Å². The molecule has 1 aliphatic rings.